The topological polar surface area (TPSA) is 20.2 Å². The lowest BCUT2D eigenvalue weighted by atomic mass is 10.0. The van der Waals surface area contributed by atoms with Gasteiger partial charge >= 0.3 is 0 Å². The molecule has 102 valence electrons. The van der Waals surface area contributed by atoms with Gasteiger partial charge in [0.15, 0.2) is 0 Å². The van der Waals surface area contributed by atoms with Crippen molar-refractivity contribution in [3.8, 4) is 0 Å². The standard InChI is InChI=1S/C17H28O/c1-2-3-4-5-6-7-8-12-15-17(18)16-13-10-9-11-14-16/h9-11,13-14,17-18H,2-8,12,15H2,1H3/t17-/m0/s1. The van der Waals surface area contributed by atoms with E-state index in [1.165, 1.54) is 44.9 Å². The van der Waals surface area contributed by atoms with Gasteiger partial charge in [-0.3, -0.25) is 0 Å². The predicted octanol–water partition coefficient (Wildman–Crippen LogP) is 5.25. The Kier molecular flexibility index (Phi) is 8.58. The van der Waals surface area contributed by atoms with E-state index < -0.39 is 0 Å². The van der Waals surface area contributed by atoms with Gasteiger partial charge in [0.2, 0.25) is 0 Å². The second-order valence-corrected chi connectivity index (χ2v) is 5.19. The highest BCUT2D eigenvalue weighted by atomic mass is 16.3. The van der Waals surface area contributed by atoms with Crippen molar-refractivity contribution in [2.45, 2.75) is 70.8 Å². The summed E-state index contributed by atoms with van der Waals surface area (Å²) < 4.78 is 0. The van der Waals surface area contributed by atoms with Gasteiger partial charge in [-0.15, -0.1) is 0 Å². The van der Waals surface area contributed by atoms with Crippen LogP contribution in [0, 0.1) is 0 Å². The minimum atomic E-state index is -0.272. The monoisotopic (exact) mass is 248 g/mol. The van der Waals surface area contributed by atoms with Crippen LogP contribution in [0.5, 0.6) is 0 Å². The van der Waals surface area contributed by atoms with Crippen molar-refractivity contribution in [2.24, 2.45) is 0 Å². The molecule has 0 bridgehead atoms. The summed E-state index contributed by atoms with van der Waals surface area (Å²) in [6.07, 6.45) is 11.2. The average molecular weight is 248 g/mol. The molecule has 18 heavy (non-hydrogen) atoms. The van der Waals surface area contributed by atoms with Crippen LogP contribution >= 0.6 is 0 Å². The molecule has 0 spiro atoms. The zero-order chi connectivity index (χ0) is 13.1. The Hall–Kier alpha value is -0.820. The number of aliphatic hydroxyl groups is 1. The fourth-order valence-electron chi connectivity index (χ4n) is 2.31. The molecule has 1 nitrogen and oxygen atoms in total. The van der Waals surface area contributed by atoms with E-state index in [4.69, 9.17) is 0 Å². The van der Waals surface area contributed by atoms with Gasteiger partial charge in [0, 0.05) is 0 Å². The maximum Gasteiger partial charge on any atom is 0.0790 e. The molecule has 0 saturated heterocycles. The Labute approximate surface area is 112 Å². The van der Waals surface area contributed by atoms with Gasteiger partial charge in [-0.1, -0.05) is 88.6 Å². The first kappa shape index (κ1) is 15.2. The third-order valence-electron chi connectivity index (χ3n) is 3.52. The molecule has 1 aromatic rings. The first-order chi connectivity index (χ1) is 8.84. The van der Waals surface area contributed by atoms with Crippen molar-refractivity contribution in [1.29, 1.82) is 0 Å². The maximum atomic E-state index is 9.99. The van der Waals surface area contributed by atoms with Crippen molar-refractivity contribution in [3.05, 3.63) is 35.9 Å². The fourth-order valence-corrected chi connectivity index (χ4v) is 2.31. The molecule has 0 heterocycles. The summed E-state index contributed by atoms with van der Waals surface area (Å²) >= 11 is 0. The second-order valence-electron chi connectivity index (χ2n) is 5.19. The summed E-state index contributed by atoms with van der Waals surface area (Å²) in [5, 5.41) is 9.99. The second kappa shape index (κ2) is 10.1. The molecule has 0 unspecified atom stereocenters. The van der Waals surface area contributed by atoms with Crippen molar-refractivity contribution >= 4 is 0 Å². The minimum Gasteiger partial charge on any atom is -0.388 e. The first-order valence-corrected chi connectivity index (χ1v) is 7.57. The van der Waals surface area contributed by atoms with Crippen LogP contribution in [0.1, 0.15) is 76.4 Å². The molecule has 1 atom stereocenters. The lowest BCUT2D eigenvalue weighted by Gasteiger charge is -2.10. The average Bonchev–Trinajstić information content (AvgIpc) is 2.42. The van der Waals surface area contributed by atoms with Gasteiger partial charge in [0.1, 0.15) is 0 Å². The van der Waals surface area contributed by atoms with Crippen LogP contribution in [0.25, 0.3) is 0 Å². The quantitative estimate of drug-likeness (QED) is 0.561. The molecule has 1 heteroatoms. The largest absolute Gasteiger partial charge is 0.388 e. The Morgan fingerprint density at radius 2 is 1.39 bits per heavy atom. The van der Waals surface area contributed by atoms with Crippen LogP contribution in [-0.4, -0.2) is 5.11 Å². The number of benzene rings is 1. The third-order valence-corrected chi connectivity index (χ3v) is 3.52. The van der Waals surface area contributed by atoms with Crippen LogP contribution in [0.15, 0.2) is 30.3 Å². The SMILES string of the molecule is CCCCCCCCCC[C@H](O)c1ccccc1. The van der Waals surface area contributed by atoms with E-state index in [-0.39, 0.29) is 6.10 Å². The van der Waals surface area contributed by atoms with Crippen LogP contribution in [-0.2, 0) is 0 Å². The van der Waals surface area contributed by atoms with Gasteiger partial charge in [0.05, 0.1) is 6.10 Å². The summed E-state index contributed by atoms with van der Waals surface area (Å²) in [6.45, 7) is 2.25. The van der Waals surface area contributed by atoms with E-state index >= 15 is 0 Å². The molecule has 0 radical (unpaired) electrons. The summed E-state index contributed by atoms with van der Waals surface area (Å²) in [4.78, 5) is 0. The van der Waals surface area contributed by atoms with Crippen LogP contribution in [0.2, 0.25) is 0 Å². The highest BCUT2D eigenvalue weighted by Gasteiger charge is 2.05. The maximum absolute atomic E-state index is 9.99. The molecule has 0 saturated carbocycles. The lowest BCUT2D eigenvalue weighted by molar-refractivity contribution is 0.163. The minimum absolute atomic E-state index is 0.272. The van der Waals surface area contributed by atoms with E-state index in [1.807, 2.05) is 30.3 Å². The molecule has 0 fully saturated rings. The molecular formula is C17H28O. The van der Waals surface area contributed by atoms with Gasteiger partial charge in [0.25, 0.3) is 0 Å². The zero-order valence-corrected chi connectivity index (χ0v) is 11.8. The Morgan fingerprint density at radius 3 is 2.00 bits per heavy atom. The molecule has 1 aromatic carbocycles. The fraction of sp³-hybridized carbons (Fsp3) is 0.647. The number of aliphatic hydroxyl groups excluding tert-OH is 1. The molecule has 1 N–H and O–H groups in total. The highest BCUT2D eigenvalue weighted by molar-refractivity contribution is 5.16. The molecule has 0 aromatic heterocycles. The van der Waals surface area contributed by atoms with Crippen molar-refractivity contribution in [2.75, 3.05) is 0 Å². The van der Waals surface area contributed by atoms with Crippen molar-refractivity contribution < 1.29 is 5.11 Å². The first-order valence-electron chi connectivity index (χ1n) is 7.57. The number of rotatable bonds is 10. The smallest absolute Gasteiger partial charge is 0.0790 e. The zero-order valence-electron chi connectivity index (χ0n) is 11.8. The van der Waals surface area contributed by atoms with Crippen molar-refractivity contribution in [3.63, 3.8) is 0 Å². The van der Waals surface area contributed by atoms with Crippen LogP contribution in [0.3, 0.4) is 0 Å². The Bertz CT molecular complexity index is 281. The van der Waals surface area contributed by atoms with E-state index in [1.54, 1.807) is 0 Å². The molecular weight excluding hydrogens is 220 g/mol. The predicted molar refractivity (Wildman–Crippen MR) is 78.6 cm³/mol. The van der Waals surface area contributed by atoms with Gasteiger partial charge < -0.3 is 5.11 Å². The van der Waals surface area contributed by atoms with Gasteiger partial charge in [-0.2, -0.15) is 0 Å². The summed E-state index contributed by atoms with van der Waals surface area (Å²) in [7, 11) is 0. The number of hydrogen-bond donors (Lipinski definition) is 1. The Balaban J connectivity index is 1.98. The Morgan fingerprint density at radius 1 is 0.833 bits per heavy atom. The molecule has 0 aliphatic rings. The van der Waals surface area contributed by atoms with Gasteiger partial charge in [-0.05, 0) is 12.0 Å². The molecule has 0 aliphatic heterocycles. The van der Waals surface area contributed by atoms with Gasteiger partial charge in [-0.25, -0.2) is 0 Å². The third kappa shape index (κ3) is 6.80. The van der Waals surface area contributed by atoms with Crippen LogP contribution in [0.4, 0.5) is 0 Å². The number of unbranched alkanes of at least 4 members (excludes halogenated alkanes) is 7. The number of hydrogen-bond acceptors (Lipinski definition) is 1. The summed E-state index contributed by atoms with van der Waals surface area (Å²) in [6, 6.07) is 10.00. The molecule has 1 rings (SSSR count). The van der Waals surface area contributed by atoms with Crippen molar-refractivity contribution in [1.82, 2.24) is 0 Å². The van der Waals surface area contributed by atoms with Crippen LogP contribution < -0.4 is 0 Å². The summed E-state index contributed by atoms with van der Waals surface area (Å²) in [5.41, 5.74) is 1.06. The van der Waals surface area contributed by atoms with E-state index in [9.17, 15) is 5.11 Å². The highest BCUT2D eigenvalue weighted by Crippen LogP contribution is 2.19. The molecule has 0 aliphatic carbocycles. The van der Waals surface area contributed by atoms with E-state index in [2.05, 4.69) is 6.92 Å². The molecule has 0 amide bonds. The summed E-state index contributed by atoms with van der Waals surface area (Å²) in [5.74, 6) is 0. The van der Waals surface area contributed by atoms with E-state index in [0.717, 1.165) is 18.4 Å². The lowest BCUT2D eigenvalue weighted by Crippen LogP contribution is -1.96. The normalized spacial score (nSPS) is 12.6. The van der Waals surface area contributed by atoms with E-state index in [0.29, 0.717) is 0 Å².